The minimum absolute atomic E-state index is 0.0180. The fourth-order valence-corrected chi connectivity index (χ4v) is 6.08. The number of benzene rings is 1. The number of hydrogen-bond donors (Lipinski definition) is 2. The molecular formula is C29H39ClN2O4. The summed E-state index contributed by atoms with van der Waals surface area (Å²) in [6, 6.07) is 5.50. The summed E-state index contributed by atoms with van der Waals surface area (Å²) in [4.78, 5) is 24.4. The van der Waals surface area contributed by atoms with Crippen molar-refractivity contribution < 1.29 is 19.2 Å². The lowest BCUT2D eigenvalue weighted by molar-refractivity contribution is -0.137. The Hall–Kier alpha value is -2.34. The van der Waals surface area contributed by atoms with Crippen LogP contribution in [0.4, 0.5) is 5.69 Å². The van der Waals surface area contributed by atoms with Gasteiger partial charge in [0.2, 0.25) is 5.91 Å². The molecule has 36 heavy (non-hydrogen) atoms. The molecule has 1 aromatic heterocycles. The zero-order valence-corrected chi connectivity index (χ0v) is 22.4. The van der Waals surface area contributed by atoms with E-state index in [-0.39, 0.29) is 24.7 Å². The first-order valence-electron chi connectivity index (χ1n) is 13.5. The molecule has 0 saturated heterocycles. The van der Waals surface area contributed by atoms with Gasteiger partial charge in [0.25, 0.3) is 0 Å². The number of carboxylic acid groups (broad SMARTS) is 1. The molecule has 1 unspecified atom stereocenters. The predicted octanol–water partition coefficient (Wildman–Crippen LogP) is 7.81. The van der Waals surface area contributed by atoms with Crippen molar-refractivity contribution in [3.63, 3.8) is 0 Å². The van der Waals surface area contributed by atoms with Gasteiger partial charge in [0.1, 0.15) is 5.76 Å². The maximum atomic E-state index is 13.0. The van der Waals surface area contributed by atoms with Crippen molar-refractivity contribution in [3.05, 3.63) is 45.8 Å². The Morgan fingerprint density at radius 1 is 1.14 bits per heavy atom. The summed E-state index contributed by atoms with van der Waals surface area (Å²) in [6.07, 6.45) is 8.59. The molecule has 0 bridgehead atoms. The Labute approximate surface area is 219 Å². The standard InChI is InChI=1S/C29H39ClN2O4/c1-17(2)14-19-5-7-21(8-6-19)29-27(20-9-10-20)28(32-36-29)22(11-13-26(34)35)16-25(33)31-24-12-4-18(3)15-23(24)30/h4,12,15,17,19-22H,5-11,13-14,16H2,1-3H3,(H,31,33)(H,34,35). The Balaban J connectivity index is 1.52. The lowest BCUT2D eigenvalue weighted by Crippen LogP contribution is -2.18. The highest BCUT2D eigenvalue weighted by molar-refractivity contribution is 6.33. The van der Waals surface area contributed by atoms with E-state index >= 15 is 0 Å². The zero-order valence-electron chi connectivity index (χ0n) is 21.7. The van der Waals surface area contributed by atoms with Crippen LogP contribution >= 0.6 is 11.6 Å². The average Bonchev–Trinajstić information content (AvgIpc) is 3.56. The molecule has 0 aliphatic heterocycles. The van der Waals surface area contributed by atoms with E-state index in [1.807, 2.05) is 19.1 Å². The number of aryl methyl sites for hydroxylation is 1. The first-order valence-corrected chi connectivity index (χ1v) is 13.9. The van der Waals surface area contributed by atoms with Gasteiger partial charge in [0.15, 0.2) is 0 Å². The largest absolute Gasteiger partial charge is 0.481 e. The van der Waals surface area contributed by atoms with Crippen LogP contribution in [0.2, 0.25) is 5.02 Å². The summed E-state index contributed by atoms with van der Waals surface area (Å²) >= 11 is 6.31. The number of anilines is 1. The molecule has 1 amide bonds. The molecule has 7 heteroatoms. The van der Waals surface area contributed by atoms with E-state index in [9.17, 15) is 14.7 Å². The molecule has 2 aliphatic carbocycles. The molecular weight excluding hydrogens is 476 g/mol. The molecule has 2 N–H and O–H groups in total. The molecule has 1 heterocycles. The number of hydrogen-bond acceptors (Lipinski definition) is 4. The fourth-order valence-electron chi connectivity index (χ4n) is 5.80. The van der Waals surface area contributed by atoms with Crippen molar-refractivity contribution in [1.29, 1.82) is 0 Å². The molecule has 0 radical (unpaired) electrons. The van der Waals surface area contributed by atoms with Gasteiger partial charge in [-0.2, -0.15) is 0 Å². The van der Waals surface area contributed by atoms with Gasteiger partial charge in [-0.15, -0.1) is 0 Å². The minimum Gasteiger partial charge on any atom is -0.481 e. The number of aromatic nitrogens is 1. The van der Waals surface area contributed by atoms with E-state index in [1.165, 1.54) is 24.8 Å². The van der Waals surface area contributed by atoms with Crippen molar-refractivity contribution in [2.45, 2.75) is 103 Å². The van der Waals surface area contributed by atoms with E-state index < -0.39 is 5.97 Å². The summed E-state index contributed by atoms with van der Waals surface area (Å²) in [5.41, 5.74) is 3.53. The highest BCUT2D eigenvalue weighted by atomic mass is 35.5. The van der Waals surface area contributed by atoms with Gasteiger partial charge in [0.05, 0.1) is 16.4 Å². The van der Waals surface area contributed by atoms with Crippen LogP contribution in [0.15, 0.2) is 22.7 Å². The summed E-state index contributed by atoms with van der Waals surface area (Å²) in [7, 11) is 0. The van der Waals surface area contributed by atoms with Crippen molar-refractivity contribution in [1.82, 2.24) is 5.16 Å². The van der Waals surface area contributed by atoms with Crippen LogP contribution in [0.3, 0.4) is 0 Å². The number of aliphatic carboxylic acids is 1. The van der Waals surface area contributed by atoms with E-state index in [0.717, 1.165) is 54.5 Å². The predicted molar refractivity (Wildman–Crippen MR) is 142 cm³/mol. The highest BCUT2D eigenvalue weighted by Crippen LogP contribution is 2.50. The van der Waals surface area contributed by atoms with Gasteiger partial charge in [-0.05, 0) is 93.7 Å². The molecule has 1 atom stereocenters. The number of amides is 1. The Bertz CT molecular complexity index is 1070. The van der Waals surface area contributed by atoms with Crippen molar-refractivity contribution in [2.24, 2.45) is 11.8 Å². The lowest BCUT2D eigenvalue weighted by atomic mass is 9.76. The van der Waals surface area contributed by atoms with E-state index in [2.05, 4.69) is 24.3 Å². The Kier molecular flexibility index (Phi) is 8.76. The van der Waals surface area contributed by atoms with Gasteiger partial charge in [0, 0.05) is 30.2 Å². The number of carbonyl (C=O) groups excluding carboxylic acids is 1. The Morgan fingerprint density at radius 2 is 1.83 bits per heavy atom. The number of halogens is 1. The van der Waals surface area contributed by atoms with E-state index in [0.29, 0.717) is 29.0 Å². The number of nitrogens with zero attached hydrogens (tertiary/aromatic N) is 1. The third-order valence-electron chi connectivity index (χ3n) is 7.72. The molecule has 4 rings (SSSR count). The smallest absolute Gasteiger partial charge is 0.303 e. The first kappa shape index (κ1) is 26.7. The van der Waals surface area contributed by atoms with Crippen LogP contribution in [-0.2, 0) is 9.59 Å². The second-order valence-corrected chi connectivity index (χ2v) is 11.7. The second kappa shape index (κ2) is 11.8. The summed E-state index contributed by atoms with van der Waals surface area (Å²) in [5.74, 6) is 1.91. The molecule has 0 spiro atoms. The van der Waals surface area contributed by atoms with Crippen LogP contribution in [-0.4, -0.2) is 22.1 Å². The summed E-state index contributed by atoms with van der Waals surface area (Å²) in [5, 5.41) is 17.3. The van der Waals surface area contributed by atoms with Gasteiger partial charge in [-0.1, -0.05) is 36.7 Å². The number of nitrogens with one attached hydrogen (secondary N) is 1. The minimum atomic E-state index is -0.873. The molecule has 1 aromatic carbocycles. The second-order valence-electron chi connectivity index (χ2n) is 11.3. The molecule has 196 valence electrons. The first-order chi connectivity index (χ1) is 17.2. The van der Waals surface area contributed by atoms with Crippen LogP contribution in [0, 0.1) is 18.8 Å². The van der Waals surface area contributed by atoms with Gasteiger partial charge in [-0.25, -0.2) is 0 Å². The normalized spacial score (nSPS) is 20.9. The van der Waals surface area contributed by atoms with Gasteiger partial charge < -0.3 is 14.9 Å². The number of rotatable bonds is 11. The SMILES string of the molecule is Cc1ccc(NC(=O)CC(CCC(=O)O)c2noc(C3CCC(CC(C)C)CC3)c2C2CC2)c(Cl)c1. The Morgan fingerprint density at radius 3 is 2.44 bits per heavy atom. The van der Waals surface area contributed by atoms with Crippen LogP contribution in [0.25, 0.3) is 0 Å². The number of carbonyl (C=O) groups is 2. The van der Waals surface area contributed by atoms with Crippen LogP contribution in [0.1, 0.15) is 118 Å². The monoisotopic (exact) mass is 514 g/mol. The quantitative estimate of drug-likeness (QED) is 0.319. The maximum absolute atomic E-state index is 13.0. The third kappa shape index (κ3) is 6.90. The van der Waals surface area contributed by atoms with Crippen molar-refractivity contribution >= 4 is 29.2 Å². The maximum Gasteiger partial charge on any atom is 0.303 e. The van der Waals surface area contributed by atoms with Crippen LogP contribution < -0.4 is 5.32 Å². The van der Waals surface area contributed by atoms with Crippen LogP contribution in [0.5, 0.6) is 0 Å². The molecule has 2 aromatic rings. The van der Waals surface area contributed by atoms with E-state index in [1.54, 1.807) is 6.07 Å². The zero-order chi connectivity index (χ0) is 25.8. The van der Waals surface area contributed by atoms with Crippen molar-refractivity contribution in [3.8, 4) is 0 Å². The topological polar surface area (TPSA) is 92.4 Å². The number of carboxylic acids is 1. The summed E-state index contributed by atoms with van der Waals surface area (Å²) < 4.78 is 6.02. The lowest BCUT2D eigenvalue weighted by Gasteiger charge is -2.28. The van der Waals surface area contributed by atoms with Crippen molar-refractivity contribution in [2.75, 3.05) is 5.32 Å². The third-order valence-corrected chi connectivity index (χ3v) is 8.03. The average molecular weight is 515 g/mol. The highest BCUT2D eigenvalue weighted by Gasteiger charge is 2.38. The summed E-state index contributed by atoms with van der Waals surface area (Å²) in [6.45, 7) is 6.53. The van der Waals surface area contributed by atoms with Gasteiger partial charge in [-0.3, -0.25) is 9.59 Å². The molecule has 6 nitrogen and oxygen atoms in total. The molecule has 2 aliphatic rings. The fraction of sp³-hybridized carbons (Fsp3) is 0.621. The van der Waals surface area contributed by atoms with E-state index in [4.69, 9.17) is 16.1 Å². The van der Waals surface area contributed by atoms with Gasteiger partial charge >= 0.3 is 5.97 Å². The molecule has 2 saturated carbocycles. The molecule has 2 fully saturated rings.